The number of benzene rings is 1. The van der Waals surface area contributed by atoms with E-state index in [9.17, 15) is 13.2 Å². The molecule has 1 saturated heterocycles. The van der Waals surface area contributed by atoms with Crippen LogP contribution in [0.5, 0.6) is 0 Å². The molecule has 1 fully saturated rings. The molecule has 2 heterocycles. The Balaban J connectivity index is 1.96. The van der Waals surface area contributed by atoms with Crippen molar-refractivity contribution in [1.29, 1.82) is 0 Å². The second-order valence-electron chi connectivity index (χ2n) is 7.15. The van der Waals surface area contributed by atoms with Gasteiger partial charge >= 0.3 is 0 Å². The van der Waals surface area contributed by atoms with Crippen molar-refractivity contribution in [3.05, 3.63) is 52.3 Å². The number of carbonyl (C=O) groups is 1. The molecular weight excluding hydrogens is 400 g/mol. The number of nitrogens with zero attached hydrogens (tertiary/aromatic N) is 2. The van der Waals surface area contributed by atoms with Crippen molar-refractivity contribution in [1.82, 2.24) is 9.47 Å². The fraction of sp³-hybridized carbons (Fsp3) is 0.450. The van der Waals surface area contributed by atoms with Gasteiger partial charge in [-0.05, 0) is 44.5 Å². The highest BCUT2D eigenvalue weighted by molar-refractivity contribution is 7.91. The molecule has 1 aliphatic rings. The molecule has 0 radical (unpaired) electrons. The van der Waals surface area contributed by atoms with Crippen LogP contribution in [0.25, 0.3) is 5.69 Å². The van der Waals surface area contributed by atoms with E-state index in [2.05, 4.69) is 0 Å². The summed E-state index contributed by atoms with van der Waals surface area (Å²) in [5.41, 5.74) is 3.16. The van der Waals surface area contributed by atoms with Gasteiger partial charge in [0.2, 0.25) is 0 Å². The molecule has 0 spiro atoms. The molecule has 1 aliphatic heterocycles. The van der Waals surface area contributed by atoms with E-state index >= 15 is 0 Å². The number of methoxy groups -OCH3 is 1. The van der Waals surface area contributed by atoms with Crippen LogP contribution in [-0.4, -0.2) is 61.6 Å². The maximum Gasteiger partial charge on any atom is 0.256 e. The van der Waals surface area contributed by atoms with Gasteiger partial charge in [-0.1, -0.05) is 17.7 Å². The lowest BCUT2D eigenvalue weighted by molar-refractivity contribution is 0.0623. The summed E-state index contributed by atoms with van der Waals surface area (Å²) in [5.74, 6) is -0.0358. The number of sulfone groups is 1. The lowest BCUT2D eigenvalue weighted by atomic mass is 10.1. The van der Waals surface area contributed by atoms with Gasteiger partial charge in [-0.2, -0.15) is 0 Å². The van der Waals surface area contributed by atoms with Crippen LogP contribution in [0, 0.1) is 13.8 Å². The lowest BCUT2D eigenvalue weighted by Gasteiger charge is -2.28. The van der Waals surface area contributed by atoms with E-state index < -0.39 is 9.84 Å². The summed E-state index contributed by atoms with van der Waals surface area (Å²) < 4.78 is 31.0. The molecule has 1 unspecified atom stereocenters. The highest BCUT2D eigenvalue weighted by Crippen LogP contribution is 2.26. The van der Waals surface area contributed by atoms with Gasteiger partial charge in [0, 0.05) is 41.8 Å². The molecule has 8 heteroatoms. The second kappa shape index (κ2) is 8.27. The quantitative estimate of drug-likeness (QED) is 0.714. The maximum atomic E-state index is 13.4. The van der Waals surface area contributed by atoms with Crippen molar-refractivity contribution >= 4 is 27.3 Å². The van der Waals surface area contributed by atoms with Crippen LogP contribution < -0.4 is 0 Å². The minimum Gasteiger partial charge on any atom is -0.383 e. The molecule has 0 aliphatic carbocycles. The first-order chi connectivity index (χ1) is 13.2. The molecule has 1 aromatic carbocycles. The fourth-order valence-electron chi connectivity index (χ4n) is 3.81. The normalized spacial score (nSPS) is 18.4. The zero-order chi connectivity index (χ0) is 20.5. The van der Waals surface area contributed by atoms with Gasteiger partial charge in [0.25, 0.3) is 5.91 Å². The number of ether oxygens (including phenoxy) is 1. The number of rotatable bonds is 6. The Labute approximate surface area is 171 Å². The van der Waals surface area contributed by atoms with Gasteiger partial charge in [0.1, 0.15) is 0 Å². The number of halogens is 1. The van der Waals surface area contributed by atoms with Gasteiger partial charge in [0.15, 0.2) is 9.84 Å². The Morgan fingerprint density at radius 3 is 2.68 bits per heavy atom. The van der Waals surface area contributed by atoms with E-state index in [-0.39, 0.29) is 23.5 Å². The summed E-state index contributed by atoms with van der Waals surface area (Å²) in [6.45, 7) is 4.54. The van der Waals surface area contributed by atoms with Gasteiger partial charge < -0.3 is 14.2 Å². The first kappa shape index (κ1) is 20.9. The Hall–Kier alpha value is -1.83. The van der Waals surface area contributed by atoms with Gasteiger partial charge in [0.05, 0.1) is 23.7 Å². The first-order valence-electron chi connectivity index (χ1n) is 9.18. The van der Waals surface area contributed by atoms with E-state index in [1.54, 1.807) is 18.1 Å². The lowest BCUT2D eigenvalue weighted by Crippen LogP contribution is -2.43. The molecule has 2 aromatic rings. The number of hydrogen-bond donors (Lipinski definition) is 0. The van der Waals surface area contributed by atoms with Crippen LogP contribution in [0.2, 0.25) is 5.02 Å². The SMILES string of the molecule is COCCN(C(=O)c1cc(C)n(-c2cccc(Cl)c2)c1C)C1CCS(=O)(=O)C1. The third kappa shape index (κ3) is 4.26. The minimum absolute atomic E-state index is 0.00941. The third-order valence-electron chi connectivity index (χ3n) is 5.17. The smallest absolute Gasteiger partial charge is 0.256 e. The zero-order valence-electron chi connectivity index (χ0n) is 16.3. The Bertz CT molecular complexity index is 984. The molecule has 3 rings (SSSR count). The molecular formula is C20H25ClN2O4S. The van der Waals surface area contributed by atoms with Gasteiger partial charge in [-0.15, -0.1) is 0 Å². The fourth-order valence-corrected chi connectivity index (χ4v) is 5.72. The number of aromatic nitrogens is 1. The van der Waals surface area contributed by atoms with Crippen LogP contribution in [0.4, 0.5) is 0 Å². The highest BCUT2D eigenvalue weighted by Gasteiger charge is 2.35. The maximum absolute atomic E-state index is 13.4. The predicted molar refractivity (Wildman–Crippen MR) is 110 cm³/mol. The number of aryl methyl sites for hydroxylation is 1. The topological polar surface area (TPSA) is 68.6 Å². The van der Waals surface area contributed by atoms with Crippen molar-refractivity contribution in [3.63, 3.8) is 0 Å². The number of amides is 1. The summed E-state index contributed by atoms with van der Waals surface area (Å²) in [6.07, 6.45) is 0.463. The molecule has 152 valence electrons. The third-order valence-corrected chi connectivity index (χ3v) is 7.16. The molecule has 1 atom stereocenters. The average Bonchev–Trinajstić information content (AvgIpc) is 3.13. The average molecular weight is 425 g/mol. The summed E-state index contributed by atoms with van der Waals surface area (Å²) in [5, 5.41) is 0.621. The molecule has 0 saturated carbocycles. The Morgan fingerprint density at radius 2 is 2.07 bits per heavy atom. The zero-order valence-corrected chi connectivity index (χ0v) is 17.9. The molecule has 0 N–H and O–H groups in total. The van der Waals surface area contributed by atoms with Crippen LogP contribution in [0.1, 0.15) is 28.2 Å². The largest absolute Gasteiger partial charge is 0.383 e. The van der Waals surface area contributed by atoms with Crippen molar-refractivity contribution in [3.8, 4) is 5.69 Å². The van der Waals surface area contributed by atoms with Crippen molar-refractivity contribution in [2.24, 2.45) is 0 Å². The first-order valence-corrected chi connectivity index (χ1v) is 11.4. The van der Waals surface area contributed by atoms with E-state index in [4.69, 9.17) is 16.3 Å². The summed E-state index contributed by atoms with van der Waals surface area (Å²) >= 11 is 6.13. The Morgan fingerprint density at radius 1 is 1.32 bits per heavy atom. The minimum atomic E-state index is -3.10. The van der Waals surface area contributed by atoms with Gasteiger partial charge in [-0.25, -0.2) is 8.42 Å². The van der Waals surface area contributed by atoms with Crippen LogP contribution in [0.3, 0.4) is 0 Å². The number of hydrogen-bond acceptors (Lipinski definition) is 4. The van der Waals surface area contributed by atoms with Crippen molar-refractivity contribution in [2.75, 3.05) is 31.8 Å². The van der Waals surface area contributed by atoms with E-state index in [0.29, 0.717) is 30.2 Å². The predicted octanol–water partition coefficient (Wildman–Crippen LogP) is 3.02. The molecule has 6 nitrogen and oxygen atoms in total. The van der Waals surface area contributed by atoms with E-state index in [0.717, 1.165) is 17.1 Å². The molecule has 28 heavy (non-hydrogen) atoms. The highest BCUT2D eigenvalue weighted by atomic mass is 35.5. The summed E-state index contributed by atoms with van der Waals surface area (Å²) in [7, 11) is -1.53. The standard InChI is InChI=1S/C20H25ClN2O4S/c1-14-11-19(15(2)23(14)17-6-4-5-16(21)12-17)20(24)22(8-9-27-3)18-7-10-28(25,26)13-18/h4-6,11-12,18H,7-10,13H2,1-3H3. The molecule has 0 bridgehead atoms. The van der Waals surface area contributed by atoms with Crippen molar-refractivity contribution < 1.29 is 17.9 Å². The van der Waals surface area contributed by atoms with Gasteiger partial charge in [-0.3, -0.25) is 4.79 Å². The second-order valence-corrected chi connectivity index (χ2v) is 9.81. The molecule has 1 aromatic heterocycles. The Kier molecular flexibility index (Phi) is 6.17. The van der Waals surface area contributed by atoms with E-state index in [1.165, 1.54) is 0 Å². The molecule has 1 amide bonds. The van der Waals surface area contributed by atoms with Crippen LogP contribution in [-0.2, 0) is 14.6 Å². The number of carbonyl (C=O) groups excluding carboxylic acids is 1. The van der Waals surface area contributed by atoms with E-state index in [1.807, 2.05) is 42.7 Å². The summed E-state index contributed by atoms with van der Waals surface area (Å²) in [6, 6.07) is 8.99. The van der Waals surface area contributed by atoms with Crippen molar-refractivity contribution in [2.45, 2.75) is 26.3 Å². The monoisotopic (exact) mass is 424 g/mol. The van der Waals surface area contributed by atoms with Crippen LogP contribution >= 0.6 is 11.6 Å². The summed E-state index contributed by atoms with van der Waals surface area (Å²) in [4.78, 5) is 15.0. The van der Waals surface area contributed by atoms with Crippen LogP contribution in [0.15, 0.2) is 30.3 Å².